The Kier molecular flexibility index (Phi) is 4.65. The van der Waals surface area contributed by atoms with Gasteiger partial charge in [0.25, 0.3) is 0 Å². The largest absolute Gasteiger partial charge is 0.456 e. The van der Waals surface area contributed by atoms with Gasteiger partial charge in [0.2, 0.25) is 0 Å². The van der Waals surface area contributed by atoms with Gasteiger partial charge in [-0.1, -0.05) is 29.7 Å². The predicted molar refractivity (Wildman–Crippen MR) is 79.8 cm³/mol. The van der Waals surface area contributed by atoms with Crippen LogP contribution in [0.25, 0.3) is 0 Å². The number of ether oxygens (including phenoxy) is 1. The molecule has 0 amide bonds. The fraction of sp³-hybridized carbons (Fsp3) is 0.133. The molecule has 4 nitrogen and oxygen atoms in total. The van der Waals surface area contributed by atoms with Crippen LogP contribution in [0.4, 0.5) is 4.39 Å². The Morgan fingerprint density at radius 1 is 1.38 bits per heavy atom. The first kappa shape index (κ1) is 15.1. The van der Waals surface area contributed by atoms with E-state index < -0.39 is 5.82 Å². The van der Waals surface area contributed by atoms with Gasteiger partial charge in [-0.15, -0.1) is 0 Å². The summed E-state index contributed by atoms with van der Waals surface area (Å²) in [6.07, 6.45) is 0.742. The standard InChI is InChI=1S/C15H14ClFN2O2/c1-2-9-8-10(6-7-11(9)16)21-13-5-3-4-12(17)14(13)15(18)19-20/h3-8,20H,2H2,1H3,(H2,18,19). The van der Waals surface area contributed by atoms with Gasteiger partial charge < -0.3 is 15.7 Å². The van der Waals surface area contributed by atoms with Crippen LogP contribution >= 0.6 is 11.6 Å². The molecule has 0 aliphatic heterocycles. The van der Waals surface area contributed by atoms with Crippen LogP contribution in [0, 0.1) is 5.82 Å². The summed E-state index contributed by atoms with van der Waals surface area (Å²) in [4.78, 5) is 0. The van der Waals surface area contributed by atoms with Gasteiger partial charge in [0.15, 0.2) is 5.84 Å². The van der Waals surface area contributed by atoms with Crippen molar-refractivity contribution in [2.24, 2.45) is 10.9 Å². The van der Waals surface area contributed by atoms with Gasteiger partial charge in [0, 0.05) is 5.02 Å². The van der Waals surface area contributed by atoms with Crippen molar-refractivity contribution < 1.29 is 14.3 Å². The van der Waals surface area contributed by atoms with Crippen LogP contribution in [-0.4, -0.2) is 11.0 Å². The van der Waals surface area contributed by atoms with E-state index in [0.29, 0.717) is 10.8 Å². The Hall–Kier alpha value is -2.27. The molecular formula is C15H14ClFN2O2. The van der Waals surface area contributed by atoms with Crippen molar-refractivity contribution in [2.75, 3.05) is 0 Å². The summed E-state index contributed by atoms with van der Waals surface area (Å²) in [7, 11) is 0. The molecule has 3 N–H and O–H groups in total. The van der Waals surface area contributed by atoms with Crippen LogP contribution in [0.2, 0.25) is 5.02 Å². The normalized spacial score (nSPS) is 11.5. The maximum atomic E-state index is 13.8. The summed E-state index contributed by atoms with van der Waals surface area (Å²) in [5.41, 5.74) is 6.31. The number of aryl methyl sites for hydroxylation is 1. The Morgan fingerprint density at radius 3 is 2.81 bits per heavy atom. The van der Waals surface area contributed by atoms with Crippen LogP contribution in [0.3, 0.4) is 0 Å². The quantitative estimate of drug-likeness (QED) is 0.389. The number of hydrogen-bond acceptors (Lipinski definition) is 3. The number of halogens is 2. The second-order valence-corrected chi connectivity index (χ2v) is 4.71. The molecule has 0 heterocycles. The molecule has 0 unspecified atom stereocenters. The number of amidine groups is 1. The van der Waals surface area contributed by atoms with Gasteiger partial charge in [-0.3, -0.25) is 0 Å². The molecule has 0 atom stereocenters. The first-order valence-corrected chi connectivity index (χ1v) is 6.67. The van der Waals surface area contributed by atoms with E-state index in [1.54, 1.807) is 18.2 Å². The van der Waals surface area contributed by atoms with Crippen molar-refractivity contribution in [2.45, 2.75) is 13.3 Å². The molecule has 2 aromatic carbocycles. The van der Waals surface area contributed by atoms with Crippen LogP contribution in [-0.2, 0) is 6.42 Å². The van der Waals surface area contributed by atoms with Gasteiger partial charge in [-0.2, -0.15) is 0 Å². The maximum absolute atomic E-state index is 13.8. The molecule has 110 valence electrons. The smallest absolute Gasteiger partial charge is 0.176 e. The lowest BCUT2D eigenvalue weighted by Gasteiger charge is -2.12. The van der Waals surface area contributed by atoms with Gasteiger partial charge in [0.1, 0.15) is 17.3 Å². The van der Waals surface area contributed by atoms with Crippen molar-refractivity contribution in [1.29, 1.82) is 0 Å². The SMILES string of the molecule is CCc1cc(Oc2cccc(F)c2C(N)=NO)ccc1Cl. The highest BCUT2D eigenvalue weighted by molar-refractivity contribution is 6.31. The van der Waals surface area contributed by atoms with E-state index in [1.807, 2.05) is 6.92 Å². The average molecular weight is 309 g/mol. The third-order valence-corrected chi connectivity index (χ3v) is 3.33. The number of nitrogens with two attached hydrogens (primary N) is 1. The lowest BCUT2D eigenvalue weighted by atomic mass is 10.1. The molecule has 0 aliphatic rings. The Bertz CT molecular complexity index is 689. The lowest BCUT2D eigenvalue weighted by molar-refractivity contribution is 0.318. The molecule has 2 rings (SSSR count). The van der Waals surface area contributed by atoms with E-state index >= 15 is 0 Å². The molecule has 0 radical (unpaired) electrons. The van der Waals surface area contributed by atoms with Crippen LogP contribution in [0.5, 0.6) is 11.5 Å². The first-order valence-electron chi connectivity index (χ1n) is 6.29. The highest BCUT2D eigenvalue weighted by atomic mass is 35.5. The molecule has 0 bridgehead atoms. The third kappa shape index (κ3) is 3.25. The minimum Gasteiger partial charge on any atom is -0.456 e. The highest BCUT2D eigenvalue weighted by Gasteiger charge is 2.15. The number of rotatable bonds is 4. The van der Waals surface area contributed by atoms with E-state index in [9.17, 15) is 4.39 Å². The van der Waals surface area contributed by atoms with E-state index in [0.717, 1.165) is 12.0 Å². The molecule has 2 aromatic rings. The highest BCUT2D eigenvalue weighted by Crippen LogP contribution is 2.30. The van der Waals surface area contributed by atoms with E-state index in [-0.39, 0.29) is 17.1 Å². The van der Waals surface area contributed by atoms with Crippen LogP contribution in [0.15, 0.2) is 41.6 Å². The Labute approximate surface area is 126 Å². The monoisotopic (exact) mass is 308 g/mol. The molecule has 0 fully saturated rings. The summed E-state index contributed by atoms with van der Waals surface area (Å²) < 4.78 is 19.5. The number of oxime groups is 1. The van der Waals surface area contributed by atoms with Crippen molar-refractivity contribution in [3.05, 3.63) is 58.4 Å². The Balaban J connectivity index is 2.43. The average Bonchev–Trinajstić information content (AvgIpc) is 2.48. The molecule has 0 spiro atoms. The van der Waals surface area contributed by atoms with Crippen molar-refractivity contribution in [3.8, 4) is 11.5 Å². The summed E-state index contributed by atoms with van der Waals surface area (Å²) in [6.45, 7) is 1.97. The van der Waals surface area contributed by atoms with Crippen LogP contribution < -0.4 is 10.5 Å². The van der Waals surface area contributed by atoms with Crippen LogP contribution in [0.1, 0.15) is 18.1 Å². The summed E-state index contributed by atoms with van der Waals surface area (Å²) in [6, 6.07) is 9.37. The van der Waals surface area contributed by atoms with Crippen molar-refractivity contribution in [1.82, 2.24) is 0 Å². The van der Waals surface area contributed by atoms with E-state index in [4.69, 9.17) is 27.3 Å². The number of benzene rings is 2. The topological polar surface area (TPSA) is 67.8 Å². The predicted octanol–water partition coefficient (Wildman–Crippen LogP) is 3.93. The van der Waals surface area contributed by atoms with Crippen molar-refractivity contribution in [3.63, 3.8) is 0 Å². The van der Waals surface area contributed by atoms with Gasteiger partial charge in [-0.25, -0.2) is 4.39 Å². The third-order valence-electron chi connectivity index (χ3n) is 2.97. The molecule has 6 heteroatoms. The maximum Gasteiger partial charge on any atom is 0.176 e. The summed E-state index contributed by atoms with van der Waals surface area (Å²) in [5.74, 6) is -0.330. The first-order chi connectivity index (χ1) is 10.1. The minimum atomic E-state index is -0.632. The second-order valence-electron chi connectivity index (χ2n) is 4.31. The molecular weight excluding hydrogens is 295 g/mol. The fourth-order valence-corrected chi connectivity index (χ4v) is 2.15. The zero-order chi connectivity index (χ0) is 15.4. The zero-order valence-electron chi connectivity index (χ0n) is 11.3. The molecule has 0 saturated carbocycles. The Morgan fingerprint density at radius 2 is 2.14 bits per heavy atom. The molecule has 0 aliphatic carbocycles. The van der Waals surface area contributed by atoms with E-state index in [1.165, 1.54) is 18.2 Å². The fourth-order valence-electron chi connectivity index (χ4n) is 1.90. The van der Waals surface area contributed by atoms with E-state index in [2.05, 4.69) is 5.16 Å². The second kappa shape index (κ2) is 6.45. The molecule has 0 aromatic heterocycles. The lowest BCUT2D eigenvalue weighted by Crippen LogP contribution is -2.16. The minimum absolute atomic E-state index is 0.0898. The van der Waals surface area contributed by atoms with Gasteiger partial charge in [-0.05, 0) is 42.3 Å². The van der Waals surface area contributed by atoms with Gasteiger partial charge >= 0.3 is 0 Å². The number of hydrogen-bond donors (Lipinski definition) is 2. The summed E-state index contributed by atoms with van der Waals surface area (Å²) in [5, 5.41) is 12.2. The number of nitrogens with zero attached hydrogens (tertiary/aromatic N) is 1. The summed E-state index contributed by atoms with van der Waals surface area (Å²) >= 11 is 6.04. The van der Waals surface area contributed by atoms with Gasteiger partial charge in [0.05, 0.1) is 5.56 Å². The molecule has 21 heavy (non-hydrogen) atoms. The van der Waals surface area contributed by atoms with Crippen molar-refractivity contribution >= 4 is 17.4 Å². The molecule has 0 saturated heterocycles. The zero-order valence-corrected chi connectivity index (χ0v) is 12.1.